The van der Waals surface area contributed by atoms with E-state index in [-0.39, 0.29) is 23.8 Å². The zero-order valence-corrected chi connectivity index (χ0v) is 11.2. The Morgan fingerprint density at radius 2 is 1.94 bits per heavy atom. The molecule has 1 saturated heterocycles. The topological polar surface area (TPSA) is 63.2 Å². The molecule has 0 radical (unpaired) electrons. The molecule has 1 fully saturated rings. The summed E-state index contributed by atoms with van der Waals surface area (Å²) in [5.41, 5.74) is 0.891. The fourth-order valence-corrected chi connectivity index (χ4v) is 4.53. The minimum Gasteiger partial charge on any atom is -0.351 e. The molecule has 1 aliphatic rings. The van der Waals surface area contributed by atoms with Gasteiger partial charge in [0.15, 0.2) is 9.84 Å². The Kier molecular flexibility index (Phi) is 3.92. The fourth-order valence-electron chi connectivity index (χ4n) is 1.98. The number of carbonyl (C=O) groups excluding carboxylic acids is 1. The highest BCUT2D eigenvalue weighted by molar-refractivity contribution is 7.91. The van der Waals surface area contributed by atoms with Crippen molar-refractivity contribution in [3.8, 4) is 0 Å². The second-order valence-electron chi connectivity index (χ2n) is 4.43. The smallest absolute Gasteiger partial charge is 0.224 e. The zero-order valence-electron chi connectivity index (χ0n) is 9.67. The van der Waals surface area contributed by atoms with E-state index in [1.165, 1.54) is 0 Å². The molecule has 2 atom stereocenters. The Hall–Kier alpha value is -1.07. The average Bonchev–Trinajstić information content (AvgIpc) is 2.53. The first kappa shape index (κ1) is 13.4. The van der Waals surface area contributed by atoms with Crippen LogP contribution in [0.25, 0.3) is 0 Å². The van der Waals surface area contributed by atoms with Gasteiger partial charge in [-0.05, 0) is 5.56 Å². The van der Waals surface area contributed by atoms with Gasteiger partial charge in [0.05, 0.1) is 29.3 Å². The summed E-state index contributed by atoms with van der Waals surface area (Å²) in [5, 5.41) is 2.15. The van der Waals surface area contributed by atoms with E-state index in [0.29, 0.717) is 0 Å². The van der Waals surface area contributed by atoms with Gasteiger partial charge in [-0.15, -0.1) is 11.6 Å². The Labute approximate surface area is 111 Å². The van der Waals surface area contributed by atoms with Crippen LogP contribution in [0.15, 0.2) is 30.3 Å². The largest absolute Gasteiger partial charge is 0.351 e. The SMILES string of the molecule is O=C(Cc1ccccc1)N[C@H]1CS(=O)(=O)C[C@@H]1Cl. The van der Waals surface area contributed by atoms with E-state index >= 15 is 0 Å². The van der Waals surface area contributed by atoms with Gasteiger partial charge in [-0.1, -0.05) is 30.3 Å². The molecule has 18 heavy (non-hydrogen) atoms. The molecule has 2 rings (SSSR count). The molecule has 0 saturated carbocycles. The standard InChI is InChI=1S/C12H14ClNO3S/c13-10-7-18(16,17)8-11(10)14-12(15)6-9-4-2-1-3-5-9/h1-5,10-11H,6-8H2,(H,14,15)/t10-,11-/m0/s1. The van der Waals surface area contributed by atoms with Crippen molar-refractivity contribution >= 4 is 27.3 Å². The number of halogens is 1. The van der Waals surface area contributed by atoms with Gasteiger partial charge in [0.2, 0.25) is 5.91 Å². The van der Waals surface area contributed by atoms with Crippen LogP contribution >= 0.6 is 11.6 Å². The number of hydrogen-bond donors (Lipinski definition) is 1. The quantitative estimate of drug-likeness (QED) is 0.835. The number of hydrogen-bond acceptors (Lipinski definition) is 3. The van der Waals surface area contributed by atoms with Crippen LogP contribution in [-0.4, -0.2) is 37.2 Å². The molecule has 4 nitrogen and oxygen atoms in total. The van der Waals surface area contributed by atoms with E-state index in [1.807, 2.05) is 30.3 Å². The highest BCUT2D eigenvalue weighted by Gasteiger charge is 2.37. The fraction of sp³-hybridized carbons (Fsp3) is 0.417. The van der Waals surface area contributed by atoms with Gasteiger partial charge in [-0.2, -0.15) is 0 Å². The summed E-state index contributed by atoms with van der Waals surface area (Å²) in [6.45, 7) is 0. The molecule has 0 bridgehead atoms. The minimum absolute atomic E-state index is 0.0646. The Morgan fingerprint density at radius 1 is 1.28 bits per heavy atom. The normalized spacial score (nSPS) is 25.8. The van der Waals surface area contributed by atoms with Crippen LogP contribution < -0.4 is 5.32 Å². The first-order valence-corrected chi connectivity index (χ1v) is 7.90. The van der Waals surface area contributed by atoms with Crippen molar-refractivity contribution in [3.63, 3.8) is 0 Å². The average molecular weight is 288 g/mol. The van der Waals surface area contributed by atoms with E-state index in [4.69, 9.17) is 11.6 Å². The lowest BCUT2D eigenvalue weighted by molar-refractivity contribution is -0.120. The molecule has 1 heterocycles. The molecule has 0 aromatic heterocycles. The first-order valence-electron chi connectivity index (χ1n) is 5.64. The van der Waals surface area contributed by atoms with Gasteiger partial charge < -0.3 is 5.32 Å². The lowest BCUT2D eigenvalue weighted by Gasteiger charge is -2.14. The molecule has 1 amide bonds. The third kappa shape index (κ3) is 3.46. The minimum atomic E-state index is -3.11. The molecule has 0 spiro atoms. The first-order chi connectivity index (χ1) is 8.46. The van der Waals surface area contributed by atoms with Gasteiger partial charge in [0, 0.05) is 0 Å². The van der Waals surface area contributed by atoms with Crippen LogP contribution in [0, 0.1) is 0 Å². The Morgan fingerprint density at radius 3 is 2.50 bits per heavy atom. The summed E-state index contributed by atoms with van der Waals surface area (Å²) in [7, 11) is -3.11. The Bertz CT molecular complexity index is 530. The summed E-state index contributed by atoms with van der Waals surface area (Å²) in [5.74, 6) is -0.332. The Balaban J connectivity index is 1.93. The van der Waals surface area contributed by atoms with Crippen LogP contribution in [-0.2, 0) is 21.1 Å². The number of nitrogens with one attached hydrogen (secondary N) is 1. The number of sulfone groups is 1. The molecule has 98 valence electrons. The summed E-state index contributed by atoms with van der Waals surface area (Å²) in [4.78, 5) is 11.8. The van der Waals surface area contributed by atoms with Crippen molar-refractivity contribution in [2.24, 2.45) is 0 Å². The van der Waals surface area contributed by atoms with Gasteiger partial charge in [0.1, 0.15) is 0 Å². The zero-order chi connectivity index (χ0) is 13.2. The van der Waals surface area contributed by atoms with Gasteiger partial charge in [0.25, 0.3) is 0 Å². The number of rotatable bonds is 3. The van der Waals surface area contributed by atoms with Crippen molar-refractivity contribution in [2.75, 3.05) is 11.5 Å². The molecule has 1 N–H and O–H groups in total. The lowest BCUT2D eigenvalue weighted by atomic mass is 10.1. The molecule has 1 aliphatic heterocycles. The van der Waals surface area contributed by atoms with Crippen LogP contribution in [0.1, 0.15) is 5.56 Å². The number of benzene rings is 1. The molecular formula is C12H14ClNO3S. The van der Waals surface area contributed by atoms with Crippen molar-refractivity contribution in [1.82, 2.24) is 5.32 Å². The summed E-state index contributed by atoms with van der Waals surface area (Å²) >= 11 is 5.92. The molecule has 0 aliphatic carbocycles. The van der Waals surface area contributed by atoms with Crippen molar-refractivity contribution in [2.45, 2.75) is 17.8 Å². The van der Waals surface area contributed by atoms with Crippen LogP contribution in [0.2, 0.25) is 0 Å². The van der Waals surface area contributed by atoms with Gasteiger partial charge in [-0.3, -0.25) is 4.79 Å². The monoisotopic (exact) mass is 287 g/mol. The maximum atomic E-state index is 11.8. The molecule has 1 aromatic rings. The molecular weight excluding hydrogens is 274 g/mol. The predicted octanol–water partition coefficient (Wildman–Crippen LogP) is 0.750. The van der Waals surface area contributed by atoms with Crippen LogP contribution in [0.3, 0.4) is 0 Å². The summed E-state index contributed by atoms with van der Waals surface area (Å²) < 4.78 is 22.7. The van der Waals surface area contributed by atoms with Crippen LogP contribution in [0.5, 0.6) is 0 Å². The van der Waals surface area contributed by atoms with Crippen molar-refractivity contribution in [1.29, 1.82) is 0 Å². The van der Waals surface area contributed by atoms with E-state index < -0.39 is 21.3 Å². The highest BCUT2D eigenvalue weighted by atomic mass is 35.5. The number of alkyl halides is 1. The van der Waals surface area contributed by atoms with Gasteiger partial charge >= 0.3 is 0 Å². The molecule has 6 heteroatoms. The predicted molar refractivity (Wildman–Crippen MR) is 70.4 cm³/mol. The van der Waals surface area contributed by atoms with Gasteiger partial charge in [-0.25, -0.2) is 8.42 Å². The maximum Gasteiger partial charge on any atom is 0.224 e. The van der Waals surface area contributed by atoms with Crippen LogP contribution in [0.4, 0.5) is 0 Å². The van der Waals surface area contributed by atoms with E-state index in [0.717, 1.165) is 5.56 Å². The van der Waals surface area contributed by atoms with E-state index in [9.17, 15) is 13.2 Å². The second-order valence-corrected chi connectivity index (χ2v) is 7.14. The lowest BCUT2D eigenvalue weighted by Crippen LogP contribution is -2.41. The van der Waals surface area contributed by atoms with Crippen molar-refractivity contribution < 1.29 is 13.2 Å². The third-order valence-corrected chi connectivity index (χ3v) is 5.21. The highest BCUT2D eigenvalue weighted by Crippen LogP contribution is 2.18. The molecule has 0 unspecified atom stereocenters. The van der Waals surface area contributed by atoms with E-state index in [2.05, 4.69) is 5.32 Å². The molecule has 1 aromatic carbocycles. The number of amides is 1. The third-order valence-electron chi connectivity index (χ3n) is 2.84. The summed E-state index contributed by atoms with van der Waals surface area (Å²) in [6.07, 6.45) is 0.237. The van der Waals surface area contributed by atoms with E-state index in [1.54, 1.807) is 0 Å². The number of carbonyl (C=O) groups is 1. The summed E-state index contributed by atoms with van der Waals surface area (Å²) in [6, 6.07) is 8.80. The maximum absolute atomic E-state index is 11.8. The second kappa shape index (κ2) is 5.28. The van der Waals surface area contributed by atoms with Crippen molar-refractivity contribution in [3.05, 3.63) is 35.9 Å².